The molecule has 1 aliphatic heterocycles. The quantitative estimate of drug-likeness (QED) is 0.496. The minimum atomic E-state index is -0.614. The predicted molar refractivity (Wildman–Crippen MR) is 123 cm³/mol. The number of aromatic nitrogens is 2. The second kappa shape index (κ2) is 10.7. The minimum Gasteiger partial charge on any atom is -0.465 e. The first-order chi connectivity index (χ1) is 15.2. The van der Waals surface area contributed by atoms with Crippen molar-refractivity contribution in [2.45, 2.75) is 65.4 Å². The van der Waals surface area contributed by atoms with E-state index in [1.807, 2.05) is 35.4 Å². The minimum absolute atomic E-state index is 0.242. The van der Waals surface area contributed by atoms with Crippen molar-refractivity contribution in [1.82, 2.24) is 14.5 Å². The molecule has 0 radical (unpaired) electrons. The molecular formula is C23H29Cl2N3O4. The van der Waals surface area contributed by atoms with Crippen molar-refractivity contribution in [2.75, 3.05) is 6.61 Å². The number of carbonyl (C=O) groups excluding carboxylic acids is 2. The number of nitrogens with zero attached hydrogens (tertiary/aromatic N) is 3. The maximum absolute atomic E-state index is 12.8. The lowest BCUT2D eigenvalue weighted by atomic mass is 9.99. The largest absolute Gasteiger partial charge is 0.465 e. The van der Waals surface area contributed by atoms with Gasteiger partial charge >= 0.3 is 11.9 Å². The van der Waals surface area contributed by atoms with E-state index in [2.05, 4.69) is 4.98 Å². The van der Waals surface area contributed by atoms with Gasteiger partial charge in [-0.1, -0.05) is 37.0 Å². The van der Waals surface area contributed by atoms with Crippen LogP contribution in [-0.4, -0.2) is 51.3 Å². The molecule has 1 aromatic heterocycles. The molecule has 2 heterocycles. The van der Waals surface area contributed by atoms with Crippen molar-refractivity contribution in [3.8, 4) is 0 Å². The molecule has 1 aromatic carbocycles. The van der Waals surface area contributed by atoms with Crippen LogP contribution in [0.1, 0.15) is 45.4 Å². The molecule has 3 unspecified atom stereocenters. The van der Waals surface area contributed by atoms with Crippen LogP contribution in [0, 0.1) is 5.92 Å². The highest BCUT2D eigenvalue weighted by Crippen LogP contribution is 2.28. The van der Waals surface area contributed by atoms with Gasteiger partial charge in [0.05, 0.1) is 12.9 Å². The summed E-state index contributed by atoms with van der Waals surface area (Å²) in [6.45, 7) is 8.42. The van der Waals surface area contributed by atoms with Crippen LogP contribution in [0.25, 0.3) is 0 Å². The number of hydrogen-bond acceptors (Lipinski definition) is 6. The van der Waals surface area contributed by atoms with Crippen molar-refractivity contribution >= 4 is 35.1 Å². The Labute approximate surface area is 198 Å². The number of ether oxygens (including phenoxy) is 2. The second-order valence-electron chi connectivity index (χ2n) is 8.39. The van der Waals surface area contributed by atoms with Gasteiger partial charge in [0.1, 0.15) is 12.1 Å². The average Bonchev–Trinajstić information content (AvgIpc) is 3.23. The zero-order chi connectivity index (χ0) is 23.4. The van der Waals surface area contributed by atoms with E-state index in [9.17, 15) is 9.59 Å². The number of rotatable bonds is 9. The van der Waals surface area contributed by atoms with E-state index in [0.29, 0.717) is 29.4 Å². The molecule has 0 bridgehead atoms. The predicted octanol–water partition coefficient (Wildman–Crippen LogP) is 4.33. The maximum Gasteiger partial charge on any atom is 0.325 e. The molecule has 0 spiro atoms. The molecular weight excluding hydrogens is 453 g/mol. The summed E-state index contributed by atoms with van der Waals surface area (Å²) in [5.74, 6) is -0.446. The number of esters is 2. The lowest BCUT2D eigenvalue weighted by Gasteiger charge is -2.32. The smallest absolute Gasteiger partial charge is 0.325 e. The molecule has 0 aliphatic carbocycles. The van der Waals surface area contributed by atoms with Gasteiger partial charge in [0, 0.05) is 34.9 Å². The van der Waals surface area contributed by atoms with Gasteiger partial charge in [-0.25, -0.2) is 9.88 Å². The van der Waals surface area contributed by atoms with Crippen molar-refractivity contribution in [2.24, 2.45) is 5.92 Å². The van der Waals surface area contributed by atoms with Crippen molar-refractivity contribution < 1.29 is 19.1 Å². The van der Waals surface area contributed by atoms with Crippen LogP contribution in [0.3, 0.4) is 0 Å². The highest BCUT2D eigenvalue weighted by Gasteiger charge is 2.46. The highest BCUT2D eigenvalue weighted by atomic mass is 35.5. The third kappa shape index (κ3) is 5.82. The normalized spacial score (nSPS) is 19.9. The first-order valence-electron chi connectivity index (χ1n) is 10.8. The fraction of sp³-hybridized carbons (Fsp3) is 0.522. The van der Waals surface area contributed by atoms with Gasteiger partial charge in [-0.3, -0.25) is 9.59 Å². The first-order valence-corrected chi connectivity index (χ1v) is 11.5. The third-order valence-electron chi connectivity index (χ3n) is 5.43. The van der Waals surface area contributed by atoms with Crippen molar-refractivity contribution in [3.05, 3.63) is 52.0 Å². The summed E-state index contributed by atoms with van der Waals surface area (Å²) in [7, 11) is 0. The van der Waals surface area contributed by atoms with Gasteiger partial charge in [0.2, 0.25) is 0 Å². The summed E-state index contributed by atoms with van der Waals surface area (Å²) < 4.78 is 12.8. The van der Waals surface area contributed by atoms with E-state index in [1.165, 1.54) is 0 Å². The summed E-state index contributed by atoms with van der Waals surface area (Å²) in [6, 6.07) is 4.18. The molecule has 0 saturated carbocycles. The Balaban J connectivity index is 1.85. The highest BCUT2D eigenvalue weighted by molar-refractivity contribution is 6.34. The Bertz CT molecular complexity index is 942. The molecule has 3 atom stereocenters. The standard InChI is InChI=1S/C23H29Cl2N3O4/c1-5-31-22(29)20(6-14(2)3)28-15(4)32-23(30)21(28)10-19-11-26-13-27(19)12-16-7-17(24)9-18(25)8-16/h7-9,11,13-15,20-21H,5-6,10,12H2,1-4H3. The molecule has 174 valence electrons. The van der Waals surface area contributed by atoms with Crippen LogP contribution in [0.4, 0.5) is 0 Å². The van der Waals surface area contributed by atoms with Crippen LogP contribution in [-0.2, 0) is 32.0 Å². The molecule has 0 amide bonds. The van der Waals surface area contributed by atoms with Crippen LogP contribution < -0.4 is 0 Å². The van der Waals surface area contributed by atoms with Gasteiger partial charge in [-0.15, -0.1) is 0 Å². The monoisotopic (exact) mass is 481 g/mol. The fourth-order valence-corrected chi connectivity index (χ4v) is 4.70. The molecule has 1 fully saturated rings. The Morgan fingerprint density at radius 2 is 1.94 bits per heavy atom. The van der Waals surface area contributed by atoms with Crippen molar-refractivity contribution in [3.63, 3.8) is 0 Å². The number of halogens is 2. The average molecular weight is 482 g/mol. The lowest BCUT2D eigenvalue weighted by molar-refractivity contribution is -0.153. The zero-order valence-corrected chi connectivity index (χ0v) is 20.3. The number of hydrogen-bond donors (Lipinski definition) is 0. The number of benzene rings is 1. The molecule has 1 aliphatic rings. The van der Waals surface area contributed by atoms with Crippen LogP contribution in [0.5, 0.6) is 0 Å². The molecule has 3 rings (SSSR count). The van der Waals surface area contributed by atoms with E-state index in [-0.39, 0.29) is 24.5 Å². The molecule has 2 aromatic rings. The summed E-state index contributed by atoms with van der Waals surface area (Å²) in [5, 5.41) is 1.11. The van der Waals surface area contributed by atoms with E-state index in [0.717, 1.165) is 11.3 Å². The Hall–Kier alpha value is -2.09. The van der Waals surface area contributed by atoms with Crippen LogP contribution in [0.2, 0.25) is 10.0 Å². The second-order valence-corrected chi connectivity index (χ2v) is 9.26. The molecule has 1 saturated heterocycles. The number of imidazole rings is 1. The number of carbonyl (C=O) groups is 2. The lowest BCUT2D eigenvalue weighted by Crippen LogP contribution is -2.50. The van der Waals surface area contributed by atoms with Gasteiger partial charge in [0.15, 0.2) is 6.23 Å². The fourth-order valence-electron chi connectivity index (χ4n) is 4.12. The van der Waals surface area contributed by atoms with E-state index in [1.54, 1.807) is 32.4 Å². The van der Waals surface area contributed by atoms with Crippen LogP contribution in [0.15, 0.2) is 30.7 Å². The summed E-state index contributed by atoms with van der Waals surface area (Å²) in [6.07, 6.45) is 3.82. The summed E-state index contributed by atoms with van der Waals surface area (Å²) >= 11 is 12.3. The van der Waals surface area contributed by atoms with E-state index in [4.69, 9.17) is 32.7 Å². The molecule has 0 N–H and O–H groups in total. The Morgan fingerprint density at radius 1 is 1.25 bits per heavy atom. The van der Waals surface area contributed by atoms with Crippen LogP contribution >= 0.6 is 23.2 Å². The zero-order valence-electron chi connectivity index (χ0n) is 18.8. The van der Waals surface area contributed by atoms with Gasteiger partial charge in [0.25, 0.3) is 0 Å². The van der Waals surface area contributed by atoms with E-state index < -0.39 is 18.3 Å². The molecule has 9 heteroatoms. The molecule has 32 heavy (non-hydrogen) atoms. The SMILES string of the molecule is CCOC(=O)C(CC(C)C)N1C(C)OC(=O)C1Cc1cncn1Cc1cc(Cl)cc(Cl)c1. The van der Waals surface area contributed by atoms with Crippen molar-refractivity contribution in [1.29, 1.82) is 0 Å². The van der Waals surface area contributed by atoms with Gasteiger partial charge < -0.3 is 14.0 Å². The Morgan fingerprint density at radius 3 is 2.56 bits per heavy atom. The third-order valence-corrected chi connectivity index (χ3v) is 5.86. The first kappa shape index (κ1) is 24.6. The van der Waals surface area contributed by atoms with E-state index >= 15 is 0 Å². The molecule has 7 nitrogen and oxygen atoms in total. The topological polar surface area (TPSA) is 73.7 Å². The number of cyclic esters (lactones) is 1. The van der Waals surface area contributed by atoms with Gasteiger partial charge in [-0.2, -0.15) is 0 Å². The van der Waals surface area contributed by atoms with Gasteiger partial charge in [-0.05, 0) is 49.9 Å². The Kier molecular flexibility index (Phi) is 8.20. The summed E-state index contributed by atoms with van der Waals surface area (Å²) in [4.78, 5) is 31.6. The summed E-state index contributed by atoms with van der Waals surface area (Å²) in [5.41, 5.74) is 1.76. The maximum atomic E-state index is 12.8.